The van der Waals surface area contributed by atoms with Gasteiger partial charge >= 0.3 is 6.03 Å². The summed E-state index contributed by atoms with van der Waals surface area (Å²) in [7, 11) is 0. The molecule has 1 aliphatic carbocycles. The van der Waals surface area contributed by atoms with E-state index in [0.29, 0.717) is 21.8 Å². The van der Waals surface area contributed by atoms with E-state index in [1.807, 2.05) is 12.1 Å². The Kier molecular flexibility index (Phi) is 3.37. The SMILES string of the molecule is N#Cc1nc2c(nc1C#N)-c1ccc(Cl)cc1C2=NNC(N)=O. The van der Waals surface area contributed by atoms with Gasteiger partial charge in [0.1, 0.15) is 29.2 Å². The van der Waals surface area contributed by atoms with Crippen molar-refractivity contribution < 1.29 is 4.79 Å². The smallest absolute Gasteiger partial charge is 0.332 e. The van der Waals surface area contributed by atoms with Crippen molar-refractivity contribution >= 4 is 23.3 Å². The molecule has 1 aliphatic rings. The molecular weight excluding hydrogens is 318 g/mol. The number of rotatable bonds is 1. The number of nitrogens with two attached hydrogens (primary N) is 1. The number of fused-ring (bicyclic) bond motifs is 3. The minimum atomic E-state index is -0.850. The molecule has 0 unspecified atom stereocenters. The van der Waals surface area contributed by atoms with Crippen molar-refractivity contribution in [3.8, 4) is 23.4 Å². The second-order valence-corrected chi connectivity index (χ2v) is 4.90. The van der Waals surface area contributed by atoms with Crippen LogP contribution in [0.4, 0.5) is 4.79 Å². The Hall–Kier alpha value is -3.49. The summed E-state index contributed by atoms with van der Waals surface area (Å²) < 4.78 is 0. The van der Waals surface area contributed by atoms with Gasteiger partial charge in [0.15, 0.2) is 11.4 Å². The number of primary amides is 1. The lowest BCUT2D eigenvalue weighted by Gasteiger charge is -2.01. The first-order chi connectivity index (χ1) is 11.0. The molecule has 1 heterocycles. The molecule has 2 aromatic rings. The van der Waals surface area contributed by atoms with E-state index in [1.54, 1.807) is 18.2 Å². The number of nitriles is 2. The van der Waals surface area contributed by atoms with Gasteiger partial charge in [0.2, 0.25) is 0 Å². The molecule has 0 fully saturated rings. The molecule has 3 N–H and O–H groups in total. The van der Waals surface area contributed by atoms with Gasteiger partial charge in [-0.2, -0.15) is 15.6 Å². The van der Waals surface area contributed by atoms with Crippen LogP contribution in [0, 0.1) is 22.7 Å². The molecule has 110 valence electrons. The molecule has 0 spiro atoms. The van der Waals surface area contributed by atoms with Crippen LogP contribution in [-0.2, 0) is 0 Å². The number of aromatic nitrogens is 2. The molecule has 8 nitrogen and oxygen atoms in total. The zero-order valence-electron chi connectivity index (χ0n) is 11.3. The normalized spacial score (nSPS) is 12.9. The first-order valence-corrected chi connectivity index (χ1v) is 6.59. The van der Waals surface area contributed by atoms with E-state index >= 15 is 0 Å². The predicted molar refractivity (Wildman–Crippen MR) is 80.3 cm³/mol. The van der Waals surface area contributed by atoms with Crippen LogP contribution in [0.15, 0.2) is 23.3 Å². The minimum absolute atomic E-state index is 0.0868. The van der Waals surface area contributed by atoms with Gasteiger partial charge in [0.05, 0.1) is 0 Å². The second-order valence-electron chi connectivity index (χ2n) is 4.47. The molecule has 0 radical (unpaired) electrons. The maximum Gasteiger partial charge on any atom is 0.332 e. The second kappa shape index (κ2) is 5.37. The summed E-state index contributed by atoms with van der Waals surface area (Å²) in [6.45, 7) is 0. The number of halogens is 1. The fourth-order valence-electron chi connectivity index (χ4n) is 2.21. The molecule has 0 saturated heterocycles. The molecule has 2 amide bonds. The van der Waals surface area contributed by atoms with Crippen molar-refractivity contribution in [2.75, 3.05) is 0 Å². The zero-order valence-corrected chi connectivity index (χ0v) is 12.1. The largest absolute Gasteiger partial charge is 0.350 e. The topological polar surface area (TPSA) is 141 Å². The lowest BCUT2D eigenvalue weighted by Crippen LogP contribution is -2.26. The Bertz CT molecular complexity index is 968. The molecule has 0 aliphatic heterocycles. The molecule has 0 bridgehead atoms. The van der Waals surface area contributed by atoms with Gasteiger partial charge in [0, 0.05) is 16.1 Å². The van der Waals surface area contributed by atoms with Crippen LogP contribution < -0.4 is 11.2 Å². The number of hydrazone groups is 1. The Morgan fingerprint density at radius 1 is 1.17 bits per heavy atom. The maximum atomic E-state index is 10.9. The summed E-state index contributed by atoms with van der Waals surface area (Å²) in [5, 5.41) is 22.5. The van der Waals surface area contributed by atoms with Gasteiger partial charge in [0.25, 0.3) is 0 Å². The number of carbonyl (C=O) groups excluding carboxylic acids is 1. The number of urea groups is 1. The Balaban J connectivity index is 2.32. The van der Waals surface area contributed by atoms with Crippen molar-refractivity contribution in [3.63, 3.8) is 0 Å². The third kappa shape index (κ3) is 2.33. The van der Waals surface area contributed by atoms with E-state index < -0.39 is 6.03 Å². The third-order valence-corrected chi connectivity index (χ3v) is 3.34. The summed E-state index contributed by atoms with van der Waals surface area (Å²) in [6.07, 6.45) is 0. The number of carbonyl (C=O) groups is 1. The minimum Gasteiger partial charge on any atom is -0.350 e. The molecule has 1 aromatic heterocycles. The van der Waals surface area contributed by atoms with E-state index in [2.05, 4.69) is 20.5 Å². The highest BCUT2D eigenvalue weighted by atomic mass is 35.5. The van der Waals surface area contributed by atoms with E-state index in [9.17, 15) is 4.79 Å². The zero-order chi connectivity index (χ0) is 16.6. The maximum absolute atomic E-state index is 10.9. The van der Waals surface area contributed by atoms with E-state index in [1.165, 1.54) is 0 Å². The third-order valence-electron chi connectivity index (χ3n) is 3.10. The summed E-state index contributed by atoms with van der Waals surface area (Å²) in [4.78, 5) is 19.2. The Morgan fingerprint density at radius 3 is 2.43 bits per heavy atom. The standard InChI is InChI=1S/C14H6ClN7O/c15-6-1-2-7-8(3-6)12(21-22-14(18)23)13-11(7)19-9(4-16)10(5-17)20-13/h1-3H,(H3,18,22,23). The van der Waals surface area contributed by atoms with Crippen LogP contribution in [-0.4, -0.2) is 21.7 Å². The summed E-state index contributed by atoms with van der Waals surface area (Å²) in [5.41, 5.74) is 9.07. The number of nitrogens with zero attached hydrogens (tertiary/aromatic N) is 5. The van der Waals surface area contributed by atoms with Gasteiger partial charge < -0.3 is 5.73 Å². The quantitative estimate of drug-likeness (QED) is 0.649. The first kappa shape index (κ1) is 14.4. The summed E-state index contributed by atoms with van der Waals surface area (Å²) in [6, 6.07) is 7.77. The Labute approximate surface area is 134 Å². The Morgan fingerprint density at radius 2 is 1.83 bits per heavy atom. The van der Waals surface area contributed by atoms with Crippen molar-refractivity contribution in [2.45, 2.75) is 0 Å². The molecular formula is C14H6ClN7O. The van der Waals surface area contributed by atoms with Gasteiger partial charge in [-0.15, -0.1) is 0 Å². The van der Waals surface area contributed by atoms with E-state index in [4.69, 9.17) is 27.9 Å². The lowest BCUT2D eigenvalue weighted by molar-refractivity contribution is 0.249. The monoisotopic (exact) mass is 323 g/mol. The van der Waals surface area contributed by atoms with Gasteiger partial charge in [-0.1, -0.05) is 17.7 Å². The number of nitrogens with one attached hydrogen (secondary N) is 1. The number of amides is 2. The van der Waals surface area contributed by atoms with Crippen LogP contribution in [0.3, 0.4) is 0 Å². The average molecular weight is 324 g/mol. The molecule has 1 aromatic carbocycles. The summed E-state index contributed by atoms with van der Waals surface area (Å²) in [5.74, 6) is 0. The van der Waals surface area contributed by atoms with Crippen LogP contribution in [0.1, 0.15) is 22.6 Å². The number of benzene rings is 1. The molecule has 0 atom stereocenters. The number of hydrogen-bond acceptors (Lipinski definition) is 6. The fourth-order valence-corrected chi connectivity index (χ4v) is 2.39. The highest BCUT2D eigenvalue weighted by molar-refractivity contribution is 6.32. The molecule has 9 heteroatoms. The van der Waals surface area contributed by atoms with Crippen molar-refractivity contribution in [2.24, 2.45) is 10.8 Å². The molecule has 0 saturated carbocycles. The van der Waals surface area contributed by atoms with Crippen LogP contribution >= 0.6 is 11.6 Å². The average Bonchev–Trinajstić information content (AvgIpc) is 2.83. The van der Waals surface area contributed by atoms with Gasteiger partial charge in [-0.05, 0) is 12.1 Å². The van der Waals surface area contributed by atoms with Gasteiger partial charge in [-0.3, -0.25) is 0 Å². The van der Waals surface area contributed by atoms with Crippen molar-refractivity contribution in [3.05, 3.63) is 45.9 Å². The first-order valence-electron chi connectivity index (χ1n) is 6.21. The molecule has 23 heavy (non-hydrogen) atoms. The lowest BCUT2D eigenvalue weighted by atomic mass is 10.1. The number of hydrogen-bond donors (Lipinski definition) is 2. The fraction of sp³-hybridized carbons (Fsp3) is 0. The van der Waals surface area contributed by atoms with Crippen LogP contribution in [0.2, 0.25) is 5.02 Å². The van der Waals surface area contributed by atoms with Crippen molar-refractivity contribution in [1.82, 2.24) is 15.4 Å². The summed E-state index contributed by atoms with van der Waals surface area (Å²) >= 11 is 6.00. The molecule has 3 rings (SSSR count). The highest BCUT2D eigenvalue weighted by Gasteiger charge is 2.30. The predicted octanol–water partition coefficient (Wildman–Crippen LogP) is 1.27. The van der Waals surface area contributed by atoms with E-state index in [0.717, 1.165) is 0 Å². The highest BCUT2D eigenvalue weighted by Crippen LogP contribution is 2.36. The van der Waals surface area contributed by atoms with Crippen LogP contribution in [0.25, 0.3) is 11.3 Å². The van der Waals surface area contributed by atoms with Gasteiger partial charge in [-0.25, -0.2) is 20.2 Å². The van der Waals surface area contributed by atoms with Crippen LogP contribution in [0.5, 0.6) is 0 Å². The van der Waals surface area contributed by atoms with E-state index in [-0.39, 0.29) is 22.8 Å². The van der Waals surface area contributed by atoms with Crippen molar-refractivity contribution in [1.29, 1.82) is 10.5 Å².